The average Bonchev–Trinajstić information content (AvgIpc) is 2.63. The molecule has 2 nitrogen and oxygen atoms in total. The van der Waals surface area contributed by atoms with Crippen molar-refractivity contribution in [3.8, 4) is 5.75 Å². The summed E-state index contributed by atoms with van der Waals surface area (Å²) in [6, 6.07) is 6.32. The van der Waals surface area contributed by atoms with Gasteiger partial charge in [-0.3, -0.25) is 0 Å². The summed E-state index contributed by atoms with van der Waals surface area (Å²) in [7, 11) is 1.93. The van der Waals surface area contributed by atoms with E-state index >= 15 is 0 Å². The van der Waals surface area contributed by atoms with Gasteiger partial charge in [-0.25, -0.2) is 0 Å². The molecule has 1 heterocycles. The highest BCUT2D eigenvalue weighted by Gasteiger charge is 2.13. The number of alkyl halides is 1. The molecule has 1 N–H and O–H groups in total. The fourth-order valence-corrected chi connectivity index (χ4v) is 1.82. The number of benzene rings is 1. The molecule has 13 heavy (non-hydrogen) atoms. The smallest absolute Gasteiger partial charge is 0.122 e. The second-order valence-electron chi connectivity index (χ2n) is 3.12. The molecule has 0 bridgehead atoms. The lowest BCUT2D eigenvalue weighted by Crippen LogP contribution is -2.09. The van der Waals surface area contributed by atoms with Gasteiger partial charge in [0.1, 0.15) is 5.75 Å². The first-order valence-corrected chi connectivity index (χ1v) is 5.30. The minimum Gasteiger partial charge on any atom is -0.493 e. The van der Waals surface area contributed by atoms with Gasteiger partial charge in [0.15, 0.2) is 0 Å². The fourth-order valence-electron chi connectivity index (χ4n) is 1.53. The van der Waals surface area contributed by atoms with Crippen LogP contribution < -0.4 is 10.1 Å². The monoisotopic (exact) mass is 241 g/mol. The fraction of sp³-hybridized carbons (Fsp3) is 0.400. The van der Waals surface area contributed by atoms with Crippen LogP contribution in [0.4, 0.5) is 0 Å². The largest absolute Gasteiger partial charge is 0.493 e. The zero-order valence-electron chi connectivity index (χ0n) is 7.51. The maximum Gasteiger partial charge on any atom is 0.122 e. The molecule has 1 unspecified atom stereocenters. The minimum absolute atomic E-state index is 0.235. The van der Waals surface area contributed by atoms with Crippen LogP contribution in [-0.4, -0.2) is 13.7 Å². The maximum atomic E-state index is 5.43. The normalized spacial score (nSPS) is 16.5. The van der Waals surface area contributed by atoms with E-state index in [0.717, 1.165) is 18.8 Å². The van der Waals surface area contributed by atoms with E-state index < -0.39 is 0 Å². The van der Waals surface area contributed by atoms with Crippen molar-refractivity contribution >= 4 is 15.9 Å². The molecule has 1 aliphatic rings. The van der Waals surface area contributed by atoms with Gasteiger partial charge in [0, 0.05) is 6.42 Å². The Morgan fingerprint density at radius 2 is 2.38 bits per heavy atom. The standard InChI is InChI=1S/C10H12BrNO/c1-12-10(11)8-2-3-9-7(6-8)4-5-13-9/h2-3,6,10,12H,4-5H2,1H3. The first-order chi connectivity index (χ1) is 6.31. The molecule has 0 spiro atoms. The third-order valence-corrected chi connectivity index (χ3v) is 3.25. The molecule has 0 aromatic heterocycles. The number of nitrogens with one attached hydrogen (secondary N) is 1. The van der Waals surface area contributed by atoms with Crippen molar-refractivity contribution in [1.82, 2.24) is 5.32 Å². The highest BCUT2D eigenvalue weighted by Crippen LogP contribution is 2.29. The third-order valence-electron chi connectivity index (χ3n) is 2.26. The summed E-state index contributed by atoms with van der Waals surface area (Å²) >= 11 is 3.54. The van der Waals surface area contributed by atoms with Crippen LogP contribution in [0.25, 0.3) is 0 Å². The molecule has 0 fully saturated rings. The number of hydrogen-bond donors (Lipinski definition) is 1. The van der Waals surface area contributed by atoms with Gasteiger partial charge in [0.05, 0.1) is 11.6 Å². The Morgan fingerprint density at radius 1 is 1.54 bits per heavy atom. The lowest BCUT2D eigenvalue weighted by Gasteiger charge is -2.09. The third kappa shape index (κ3) is 1.71. The summed E-state index contributed by atoms with van der Waals surface area (Å²) in [6.07, 6.45) is 1.03. The Bertz CT molecular complexity index is 314. The molecule has 0 amide bonds. The van der Waals surface area contributed by atoms with Crippen LogP contribution >= 0.6 is 15.9 Å². The van der Waals surface area contributed by atoms with E-state index in [1.54, 1.807) is 0 Å². The van der Waals surface area contributed by atoms with Gasteiger partial charge >= 0.3 is 0 Å². The maximum absolute atomic E-state index is 5.43. The van der Waals surface area contributed by atoms with Gasteiger partial charge in [0.25, 0.3) is 0 Å². The van der Waals surface area contributed by atoms with Crippen LogP contribution in [0, 0.1) is 0 Å². The molecular formula is C10H12BrNO. The van der Waals surface area contributed by atoms with Crippen molar-refractivity contribution in [2.24, 2.45) is 0 Å². The average molecular weight is 242 g/mol. The number of fused-ring (bicyclic) bond motifs is 1. The van der Waals surface area contributed by atoms with E-state index in [1.165, 1.54) is 11.1 Å². The van der Waals surface area contributed by atoms with Gasteiger partial charge < -0.3 is 10.1 Å². The van der Waals surface area contributed by atoms with E-state index in [9.17, 15) is 0 Å². The number of ether oxygens (including phenoxy) is 1. The SMILES string of the molecule is CNC(Br)c1ccc2c(c1)CCO2. The predicted molar refractivity (Wildman–Crippen MR) is 56.4 cm³/mol. The molecule has 0 saturated carbocycles. The first kappa shape index (κ1) is 9.03. The van der Waals surface area contributed by atoms with Crippen LogP contribution in [0.3, 0.4) is 0 Å². The van der Waals surface area contributed by atoms with E-state index in [4.69, 9.17) is 4.74 Å². The van der Waals surface area contributed by atoms with Crippen molar-refractivity contribution in [1.29, 1.82) is 0 Å². The molecule has 1 aromatic carbocycles. The quantitative estimate of drug-likeness (QED) is 0.634. The lowest BCUT2D eigenvalue weighted by molar-refractivity contribution is 0.357. The molecule has 3 heteroatoms. The summed E-state index contributed by atoms with van der Waals surface area (Å²) in [5.41, 5.74) is 2.57. The van der Waals surface area contributed by atoms with Crippen LogP contribution in [0.5, 0.6) is 5.75 Å². The van der Waals surface area contributed by atoms with Crippen LogP contribution in [-0.2, 0) is 6.42 Å². The first-order valence-electron chi connectivity index (χ1n) is 4.38. The molecule has 70 valence electrons. The predicted octanol–water partition coefficient (Wildman–Crippen LogP) is 2.23. The van der Waals surface area contributed by atoms with Crippen molar-refractivity contribution in [3.63, 3.8) is 0 Å². The Kier molecular flexibility index (Phi) is 2.56. The van der Waals surface area contributed by atoms with Gasteiger partial charge in [0.2, 0.25) is 0 Å². The zero-order chi connectivity index (χ0) is 9.26. The van der Waals surface area contributed by atoms with E-state index in [0.29, 0.717) is 0 Å². The number of hydrogen-bond acceptors (Lipinski definition) is 2. The minimum atomic E-state index is 0.235. The molecule has 1 atom stereocenters. The summed E-state index contributed by atoms with van der Waals surface area (Å²) < 4.78 is 5.43. The topological polar surface area (TPSA) is 21.3 Å². The molecule has 0 aliphatic carbocycles. The van der Waals surface area contributed by atoms with Crippen molar-refractivity contribution in [3.05, 3.63) is 29.3 Å². The Balaban J connectivity index is 2.30. The Morgan fingerprint density at radius 3 is 3.15 bits per heavy atom. The van der Waals surface area contributed by atoms with Gasteiger partial charge in [-0.05, 0) is 30.3 Å². The summed E-state index contributed by atoms with van der Waals surface area (Å²) in [5.74, 6) is 1.04. The van der Waals surface area contributed by atoms with Crippen molar-refractivity contribution in [2.75, 3.05) is 13.7 Å². The Labute approximate surface area is 86.4 Å². The van der Waals surface area contributed by atoms with Crippen LogP contribution in [0.1, 0.15) is 16.1 Å². The van der Waals surface area contributed by atoms with E-state index in [-0.39, 0.29) is 4.95 Å². The second kappa shape index (κ2) is 3.68. The summed E-state index contributed by atoms with van der Waals surface area (Å²) in [5, 5.41) is 3.15. The van der Waals surface area contributed by atoms with E-state index in [2.05, 4.69) is 33.4 Å². The lowest BCUT2D eigenvalue weighted by atomic mass is 10.1. The van der Waals surface area contributed by atoms with Gasteiger partial charge in [-0.15, -0.1) is 0 Å². The Hall–Kier alpha value is -0.540. The van der Waals surface area contributed by atoms with Crippen LogP contribution in [0.15, 0.2) is 18.2 Å². The molecule has 0 radical (unpaired) electrons. The summed E-state index contributed by atoms with van der Waals surface area (Å²) in [4.78, 5) is 0.235. The zero-order valence-corrected chi connectivity index (χ0v) is 9.10. The van der Waals surface area contributed by atoms with E-state index in [1.807, 2.05) is 13.1 Å². The molecular weight excluding hydrogens is 230 g/mol. The molecule has 1 aliphatic heterocycles. The second-order valence-corrected chi connectivity index (χ2v) is 4.03. The molecule has 1 aromatic rings. The number of rotatable bonds is 2. The van der Waals surface area contributed by atoms with Crippen molar-refractivity contribution in [2.45, 2.75) is 11.4 Å². The summed E-state index contributed by atoms with van der Waals surface area (Å²) in [6.45, 7) is 0.825. The van der Waals surface area contributed by atoms with Gasteiger partial charge in [-0.1, -0.05) is 22.0 Å². The number of halogens is 1. The van der Waals surface area contributed by atoms with Gasteiger partial charge in [-0.2, -0.15) is 0 Å². The van der Waals surface area contributed by atoms with Crippen molar-refractivity contribution < 1.29 is 4.74 Å². The highest BCUT2D eigenvalue weighted by atomic mass is 79.9. The highest BCUT2D eigenvalue weighted by molar-refractivity contribution is 9.09. The molecule has 2 rings (SSSR count). The molecule has 0 saturated heterocycles. The van der Waals surface area contributed by atoms with Crippen LogP contribution in [0.2, 0.25) is 0 Å².